The molecule has 5 nitrogen and oxygen atoms in total. The van der Waals surface area contributed by atoms with Crippen molar-refractivity contribution in [3.63, 3.8) is 0 Å². The van der Waals surface area contributed by atoms with Gasteiger partial charge in [0, 0.05) is 35.2 Å². The zero-order valence-corrected chi connectivity index (χ0v) is 16.4. The summed E-state index contributed by atoms with van der Waals surface area (Å²) >= 11 is 0. The second-order valence-electron chi connectivity index (χ2n) is 7.70. The minimum atomic E-state index is 0.936. The fourth-order valence-corrected chi connectivity index (χ4v) is 4.37. The first-order chi connectivity index (χ1) is 14.9. The molecule has 0 bridgehead atoms. The van der Waals surface area contributed by atoms with Gasteiger partial charge in [0.15, 0.2) is 0 Å². The van der Waals surface area contributed by atoms with E-state index < -0.39 is 0 Å². The molecule has 0 spiro atoms. The molecule has 1 aliphatic rings. The molecule has 4 heterocycles. The molecule has 146 valence electrons. The Morgan fingerprint density at radius 2 is 1.77 bits per heavy atom. The molecule has 0 aliphatic carbocycles. The molecule has 2 aromatic carbocycles. The first-order valence-electron chi connectivity index (χ1n) is 10.3. The van der Waals surface area contributed by atoms with E-state index in [9.17, 15) is 0 Å². The van der Waals surface area contributed by atoms with Gasteiger partial charge in [-0.3, -0.25) is 10.1 Å². The topological polar surface area (TPSA) is 69.4 Å². The minimum absolute atomic E-state index is 0.936. The maximum absolute atomic E-state index is 4.65. The number of nitrogens with zero attached hydrogens (tertiary/aromatic N) is 2. The smallest absolute Gasteiger partial charge is 0.116 e. The van der Waals surface area contributed by atoms with Crippen LogP contribution in [-0.2, 0) is 0 Å². The van der Waals surface area contributed by atoms with Gasteiger partial charge in [0.2, 0.25) is 0 Å². The van der Waals surface area contributed by atoms with Crippen LogP contribution >= 0.6 is 0 Å². The lowest BCUT2D eigenvalue weighted by Gasteiger charge is -2.14. The van der Waals surface area contributed by atoms with Crippen LogP contribution in [-0.4, -0.2) is 33.3 Å². The van der Waals surface area contributed by atoms with Gasteiger partial charge in [-0.15, -0.1) is 0 Å². The fourth-order valence-electron chi connectivity index (χ4n) is 4.37. The molecule has 5 heteroatoms. The summed E-state index contributed by atoms with van der Waals surface area (Å²) in [5.41, 5.74) is 9.17. The zero-order chi connectivity index (χ0) is 19.9. The number of pyridine rings is 1. The van der Waals surface area contributed by atoms with Crippen LogP contribution in [0.4, 0.5) is 0 Å². The minimum Gasteiger partial charge on any atom is -0.353 e. The maximum atomic E-state index is 4.65. The van der Waals surface area contributed by atoms with Crippen LogP contribution in [0.3, 0.4) is 0 Å². The number of benzene rings is 2. The Kier molecular flexibility index (Phi) is 3.99. The number of aromatic nitrogens is 4. The van der Waals surface area contributed by atoms with Crippen LogP contribution in [0.25, 0.3) is 49.9 Å². The SMILES string of the molecule is C1=C(c2ccc3[nH]nc(-c4cc5c(-c6ccncc6)cccc5[nH]4)c3c2)CCNC1. The largest absolute Gasteiger partial charge is 0.353 e. The predicted octanol–water partition coefficient (Wildman–Crippen LogP) is 5.15. The summed E-state index contributed by atoms with van der Waals surface area (Å²) in [6, 6.07) is 19.2. The highest BCUT2D eigenvalue weighted by molar-refractivity contribution is 6.01. The van der Waals surface area contributed by atoms with Gasteiger partial charge in [-0.05, 0) is 71.6 Å². The Morgan fingerprint density at radius 3 is 2.63 bits per heavy atom. The molecule has 0 saturated carbocycles. The molecule has 6 rings (SSSR count). The van der Waals surface area contributed by atoms with E-state index in [-0.39, 0.29) is 0 Å². The van der Waals surface area contributed by atoms with Gasteiger partial charge in [-0.1, -0.05) is 24.3 Å². The van der Waals surface area contributed by atoms with Gasteiger partial charge in [0.05, 0.1) is 11.2 Å². The second kappa shape index (κ2) is 6.97. The van der Waals surface area contributed by atoms with Gasteiger partial charge >= 0.3 is 0 Å². The number of hydrogen-bond acceptors (Lipinski definition) is 3. The van der Waals surface area contributed by atoms with E-state index in [1.54, 1.807) is 0 Å². The maximum Gasteiger partial charge on any atom is 0.116 e. The van der Waals surface area contributed by atoms with Crippen molar-refractivity contribution < 1.29 is 0 Å². The van der Waals surface area contributed by atoms with Crippen LogP contribution in [0.5, 0.6) is 0 Å². The first-order valence-corrected chi connectivity index (χ1v) is 10.3. The van der Waals surface area contributed by atoms with E-state index in [4.69, 9.17) is 0 Å². The third-order valence-corrected chi connectivity index (χ3v) is 5.91. The molecule has 5 aromatic rings. The van der Waals surface area contributed by atoms with E-state index >= 15 is 0 Å². The molecule has 0 radical (unpaired) electrons. The number of nitrogens with one attached hydrogen (secondary N) is 3. The van der Waals surface area contributed by atoms with Crippen molar-refractivity contribution in [3.05, 3.63) is 78.6 Å². The monoisotopic (exact) mass is 391 g/mol. The Balaban J connectivity index is 1.50. The lowest BCUT2D eigenvalue weighted by molar-refractivity contribution is 0.739. The van der Waals surface area contributed by atoms with Crippen molar-refractivity contribution in [2.75, 3.05) is 13.1 Å². The zero-order valence-electron chi connectivity index (χ0n) is 16.4. The third kappa shape index (κ3) is 2.83. The van der Waals surface area contributed by atoms with E-state index in [0.717, 1.165) is 52.9 Å². The van der Waals surface area contributed by atoms with Crippen LogP contribution in [0.2, 0.25) is 0 Å². The van der Waals surface area contributed by atoms with Crippen LogP contribution in [0.1, 0.15) is 12.0 Å². The van der Waals surface area contributed by atoms with Crippen molar-refractivity contribution in [3.8, 4) is 22.5 Å². The summed E-state index contributed by atoms with van der Waals surface area (Å²) in [5, 5.41) is 13.6. The van der Waals surface area contributed by atoms with Crippen molar-refractivity contribution in [1.29, 1.82) is 0 Å². The van der Waals surface area contributed by atoms with Gasteiger partial charge < -0.3 is 10.3 Å². The Labute approximate surface area is 173 Å². The molecule has 0 unspecified atom stereocenters. The third-order valence-electron chi connectivity index (χ3n) is 5.91. The molecule has 3 N–H and O–H groups in total. The van der Waals surface area contributed by atoms with Crippen molar-refractivity contribution >= 4 is 27.4 Å². The fraction of sp³-hybridized carbons (Fsp3) is 0.120. The van der Waals surface area contributed by atoms with Gasteiger partial charge in [0.25, 0.3) is 0 Å². The van der Waals surface area contributed by atoms with Gasteiger partial charge in [0.1, 0.15) is 5.69 Å². The molecule has 30 heavy (non-hydrogen) atoms. The van der Waals surface area contributed by atoms with E-state index in [1.807, 2.05) is 24.5 Å². The van der Waals surface area contributed by atoms with Crippen molar-refractivity contribution in [1.82, 2.24) is 25.5 Å². The number of aromatic amines is 2. The summed E-state index contributed by atoms with van der Waals surface area (Å²) in [6.45, 7) is 1.97. The summed E-state index contributed by atoms with van der Waals surface area (Å²) in [7, 11) is 0. The quantitative estimate of drug-likeness (QED) is 0.398. The van der Waals surface area contributed by atoms with E-state index in [1.165, 1.54) is 22.1 Å². The highest BCUT2D eigenvalue weighted by Crippen LogP contribution is 2.34. The Morgan fingerprint density at radius 1 is 0.833 bits per heavy atom. The number of hydrogen-bond donors (Lipinski definition) is 3. The van der Waals surface area contributed by atoms with Crippen molar-refractivity contribution in [2.24, 2.45) is 0 Å². The molecular formula is C25H21N5. The molecule has 0 amide bonds. The Hall–Kier alpha value is -3.70. The average Bonchev–Trinajstić information content (AvgIpc) is 3.43. The highest BCUT2D eigenvalue weighted by atomic mass is 15.1. The second-order valence-corrected chi connectivity index (χ2v) is 7.70. The molecular weight excluding hydrogens is 370 g/mol. The van der Waals surface area contributed by atoms with E-state index in [2.05, 4.69) is 74.0 Å². The summed E-state index contributed by atoms with van der Waals surface area (Å²) < 4.78 is 0. The van der Waals surface area contributed by atoms with Gasteiger partial charge in [-0.25, -0.2) is 0 Å². The normalized spacial score (nSPS) is 14.3. The number of H-pyrrole nitrogens is 2. The number of rotatable bonds is 3. The molecule has 0 saturated heterocycles. The van der Waals surface area contributed by atoms with Crippen molar-refractivity contribution in [2.45, 2.75) is 6.42 Å². The standard InChI is InChI=1S/C25H21N5/c1-2-19(17-8-12-27-13-9-17)20-15-24(28-22(20)3-1)25-21-14-18(4-5-23(21)29-30-25)16-6-10-26-11-7-16/h1-6,8-9,12-15,26,28H,7,10-11H2,(H,29,30). The van der Waals surface area contributed by atoms with E-state index in [0.29, 0.717) is 0 Å². The molecule has 3 aromatic heterocycles. The molecule has 1 aliphatic heterocycles. The summed E-state index contributed by atoms with van der Waals surface area (Å²) in [5.74, 6) is 0. The molecule has 0 atom stereocenters. The summed E-state index contributed by atoms with van der Waals surface area (Å²) in [4.78, 5) is 7.72. The van der Waals surface area contributed by atoms with Gasteiger partial charge in [-0.2, -0.15) is 5.10 Å². The summed E-state index contributed by atoms with van der Waals surface area (Å²) in [6.07, 6.45) is 7.01. The average molecular weight is 391 g/mol. The lowest BCUT2D eigenvalue weighted by atomic mass is 9.98. The number of fused-ring (bicyclic) bond motifs is 2. The Bertz CT molecular complexity index is 1390. The first kappa shape index (κ1) is 17.2. The molecule has 0 fully saturated rings. The predicted molar refractivity (Wildman–Crippen MR) is 122 cm³/mol. The van der Waals surface area contributed by atoms with Crippen LogP contribution in [0.15, 0.2) is 73.1 Å². The lowest BCUT2D eigenvalue weighted by Crippen LogP contribution is -2.19. The highest BCUT2D eigenvalue weighted by Gasteiger charge is 2.15. The van der Waals surface area contributed by atoms with Crippen LogP contribution in [0, 0.1) is 0 Å². The van der Waals surface area contributed by atoms with Crippen LogP contribution < -0.4 is 5.32 Å².